The van der Waals surface area contributed by atoms with Gasteiger partial charge in [0.2, 0.25) is 0 Å². The summed E-state index contributed by atoms with van der Waals surface area (Å²) in [6, 6.07) is 120. The summed E-state index contributed by atoms with van der Waals surface area (Å²) in [6.45, 7) is 8.13. The van der Waals surface area contributed by atoms with Gasteiger partial charge in [0.25, 0.3) is 0 Å². The Morgan fingerprint density at radius 1 is 0.269 bits per heavy atom. The Bertz CT molecular complexity index is 3530. The average molecular weight is 1530 g/mol. The number of nitrogens with one attached hydrogen (secondary N) is 2. The number of amidine groups is 2. The fourth-order valence-corrected chi connectivity index (χ4v) is 23.1. The van der Waals surface area contributed by atoms with Crippen molar-refractivity contribution in [2.45, 2.75) is 27.7 Å². The molecule has 0 aliphatic carbocycles. The number of hydrogen-bond acceptors (Lipinski definition) is 5. The van der Waals surface area contributed by atoms with Crippen molar-refractivity contribution in [2.24, 2.45) is 9.98 Å². The quantitative estimate of drug-likeness (QED) is 0.0252. The summed E-state index contributed by atoms with van der Waals surface area (Å²) in [4.78, 5) is 8.83. The van der Waals surface area contributed by atoms with Crippen LogP contribution in [-0.2, 0) is 79.6 Å². The normalized spacial score (nSPS) is 10.8. The second-order valence-corrected chi connectivity index (χ2v) is 31.6. The molecule has 0 heterocycles. The Hall–Kier alpha value is -6.59. The number of nitrogens with zero attached hydrogens (tertiary/aromatic N) is 2. The predicted octanol–water partition coefficient (Wildman–Crippen LogP) is 18.0. The minimum atomic E-state index is -0.409. The van der Waals surface area contributed by atoms with Crippen LogP contribution in [0, 0.1) is 27.7 Å². The Morgan fingerprint density at radius 2 is 0.441 bits per heavy atom. The first kappa shape index (κ1) is 75.4. The Balaban J connectivity index is 0.000000198. The van der Waals surface area contributed by atoms with Crippen LogP contribution >= 0.6 is 31.7 Å². The van der Waals surface area contributed by atoms with Crippen molar-refractivity contribution < 1.29 is 40.8 Å². The molecule has 12 rings (SSSR count). The monoisotopic (exact) mass is 1520 g/mol. The van der Waals surface area contributed by atoms with E-state index >= 15 is 0 Å². The Kier molecular flexibility index (Phi) is 33.5. The number of hydrogen-bond donors (Lipinski definition) is 2. The molecule has 0 amide bonds. The SMILES string of the molecule is Cc1ccccc1N=C([S-])Nc1ccccc1C.Cc1ccccc1N=C([S-])Nc1ccccc1C.[Pd+2].[Pd].[SH-].c1ccc(P(CP(c2ccccc2)c2ccccc2)c2ccccc2)cc1.c1ccc(P(CP(c2ccccc2)c2ccccc2)c2ccccc2)cc1. The topological polar surface area (TPSA) is 48.8 Å². The molecule has 0 aliphatic heterocycles. The fraction of sp³-hybridized carbons (Fsp3) is 0.0750. The van der Waals surface area contributed by atoms with E-state index in [1.54, 1.807) is 0 Å². The van der Waals surface area contributed by atoms with E-state index in [1.165, 1.54) is 54.2 Å². The number of aliphatic imine (C=N–C) groups is 2. The maximum atomic E-state index is 5.26. The van der Waals surface area contributed by atoms with Crippen LogP contribution in [0.5, 0.6) is 0 Å². The van der Waals surface area contributed by atoms with E-state index in [2.05, 4.69) is 263 Å². The van der Waals surface area contributed by atoms with Crippen LogP contribution in [0.25, 0.3) is 0 Å². The van der Waals surface area contributed by atoms with Gasteiger partial charge in [-0.15, -0.1) is 0 Å². The third-order valence-electron chi connectivity index (χ3n) is 14.6. The first-order valence-corrected chi connectivity index (χ1v) is 36.9. The van der Waals surface area contributed by atoms with Gasteiger partial charge in [0, 0.05) is 43.6 Å². The van der Waals surface area contributed by atoms with E-state index in [9.17, 15) is 0 Å². The number of thiol groups is 1. The molecular formula is C80H75N4P4Pd2S3-. The van der Waals surface area contributed by atoms with Gasteiger partial charge in [0.1, 0.15) is 0 Å². The van der Waals surface area contributed by atoms with Gasteiger partial charge in [0.05, 0.1) is 11.4 Å². The summed E-state index contributed by atoms with van der Waals surface area (Å²) in [5, 5.41) is 18.9. The van der Waals surface area contributed by atoms with Crippen LogP contribution in [0.15, 0.2) is 350 Å². The van der Waals surface area contributed by atoms with Gasteiger partial charge in [-0.3, -0.25) is 9.98 Å². The largest absolute Gasteiger partial charge is 2.00 e. The van der Waals surface area contributed by atoms with E-state index in [0.29, 0.717) is 10.3 Å². The summed E-state index contributed by atoms with van der Waals surface area (Å²) in [7, 11) is -1.63. The zero-order chi connectivity index (χ0) is 62.5. The van der Waals surface area contributed by atoms with Crippen molar-refractivity contribution in [3.63, 3.8) is 0 Å². The molecule has 0 spiro atoms. The zero-order valence-electron chi connectivity index (χ0n) is 52.3. The molecule has 0 unspecified atom stereocenters. The van der Waals surface area contributed by atoms with Crippen molar-refractivity contribution in [3.8, 4) is 0 Å². The average Bonchev–Trinajstić information content (AvgIpc) is 1.09. The first-order valence-electron chi connectivity index (χ1n) is 30.0. The molecular weight excluding hydrogens is 1450 g/mol. The second kappa shape index (κ2) is 41.3. The molecule has 13 heteroatoms. The number of aryl methyl sites for hydroxylation is 4. The molecule has 474 valence electrons. The summed E-state index contributed by atoms with van der Waals surface area (Å²) in [5.41, 5.74) is 8.35. The van der Waals surface area contributed by atoms with Crippen LogP contribution in [0.1, 0.15) is 22.3 Å². The number of rotatable bonds is 16. The van der Waals surface area contributed by atoms with Gasteiger partial charge >= 0.3 is 20.4 Å². The van der Waals surface area contributed by atoms with Gasteiger partial charge in [-0.1, -0.05) is 315 Å². The van der Waals surface area contributed by atoms with E-state index in [-0.39, 0.29) is 54.3 Å². The van der Waals surface area contributed by atoms with E-state index in [1.807, 2.05) is 125 Å². The summed E-state index contributed by atoms with van der Waals surface area (Å²) in [5.74, 6) is 2.35. The van der Waals surface area contributed by atoms with Gasteiger partial charge in [-0.05, 0) is 159 Å². The minimum absolute atomic E-state index is 0. The van der Waals surface area contributed by atoms with Crippen LogP contribution < -0.4 is 53.1 Å². The van der Waals surface area contributed by atoms with Crippen molar-refractivity contribution in [3.05, 3.63) is 362 Å². The van der Waals surface area contributed by atoms with Gasteiger partial charge in [0.15, 0.2) is 0 Å². The smallest absolute Gasteiger partial charge is 0.813 e. The molecule has 0 saturated heterocycles. The van der Waals surface area contributed by atoms with Crippen molar-refractivity contribution in [1.29, 1.82) is 0 Å². The molecule has 0 bridgehead atoms. The van der Waals surface area contributed by atoms with Crippen LogP contribution in [-0.4, -0.2) is 22.1 Å². The number of benzene rings is 12. The maximum absolute atomic E-state index is 5.26. The van der Waals surface area contributed by atoms with Gasteiger partial charge < -0.3 is 49.4 Å². The third-order valence-corrected chi connectivity index (χ3v) is 26.8. The van der Waals surface area contributed by atoms with Gasteiger partial charge in [-0.25, -0.2) is 0 Å². The number of para-hydroxylation sites is 4. The standard InChI is InChI=1S/2C25H22P2.2C15H16N2S.2Pd.H2S/c2*1-5-13-22(14-6-1)26(23-15-7-2-8-16-23)21-27(24-17-9-3-10-18-24)25-19-11-4-12-20-25;2*1-11-7-3-5-9-13(11)16-15(18)17-14-10-6-4-8-12(14)2;;;/h2*1-20H,21H2;2*3-10H,1-2H3,(H2,16,17,18);;;1H2/q;;;;;+2;/p-3. The van der Waals surface area contributed by atoms with E-state index in [4.69, 9.17) is 25.3 Å². The minimum Gasteiger partial charge on any atom is -0.813 e. The van der Waals surface area contributed by atoms with Crippen LogP contribution in [0.4, 0.5) is 22.7 Å². The summed E-state index contributed by atoms with van der Waals surface area (Å²) < 4.78 is 0. The van der Waals surface area contributed by atoms with Crippen LogP contribution in [0.2, 0.25) is 0 Å². The molecule has 93 heavy (non-hydrogen) atoms. The molecule has 0 aromatic heterocycles. The Morgan fingerprint density at radius 3 is 0.634 bits per heavy atom. The van der Waals surface area contributed by atoms with E-state index < -0.39 is 31.7 Å². The Labute approximate surface area is 603 Å². The predicted molar refractivity (Wildman–Crippen MR) is 416 cm³/mol. The molecule has 0 fully saturated rings. The molecule has 0 radical (unpaired) electrons. The molecule has 0 saturated carbocycles. The number of anilines is 2. The molecule has 12 aromatic carbocycles. The molecule has 12 aromatic rings. The second-order valence-electron chi connectivity index (χ2n) is 21.0. The molecule has 0 atom stereocenters. The zero-order valence-corrected chi connectivity index (χ0v) is 61.5. The summed E-state index contributed by atoms with van der Waals surface area (Å²) in [6.07, 6.45) is 0. The van der Waals surface area contributed by atoms with Gasteiger partial charge in [-0.2, -0.15) is 0 Å². The fourth-order valence-electron chi connectivity index (χ4n) is 9.70. The first-order chi connectivity index (χ1) is 44.2. The van der Waals surface area contributed by atoms with Crippen molar-refractivity contribution >= 4 is 146 Å². The molecule has 0 aliphatic rings. The van der Waals surface area contributed by atoms with Crippen molar-refractivity contribution in [1.82, 2.24) is 0 Å². The molecule has 4 nitrogen and oxygen atoms in total. The van der Waals surface area contributed by atoms with E-state index in [0.717, 1.165) is 45.0 Å². The maximum Gasteiger partial charge on any atom is 2.00 e. The van der Waals surface area contributed by atoms with Crippen molar-refractivity contribution in [2.75, 3.05) is 22.4 Å². The third kappa shape index (κ3) is 24.0. The molecule has 2 N–H and O–H groups in total. The van der Waals surface area contributed by atoms with Crippen LogP contribution in [0.3, 0.4) is 0 Å². The summed E-state index contributed by atoms with van der Waals surface area (Å²) >= 11 is 10.5.